The van der Waals surface area contributed by atoms with Crippen molar-refractivity contribution < 1.29 is 13.2 Å². The molecule has 0 amide bonds. The van der Waals surface area contributed by atoms with Crippen molar-refractivity contribution >= 4 is 11.6 Å². The van der Waals surface area contributed by atoms with Crippen molar-refractivity contribution in [3.8, 4) is 0 Å². The lowest BCUT2D eigenvalue weighted by Gasteiger charge is -2.22. The third-order valence-corrected chi connectivity index (χ3v) is 3.52. The largest absolute Gasteiger partial charge is 0.412 e. The molecule has 0 aliphatic heterocycles. The Hall–Kier alpha value is -0.780. The molecular formula is C9H9ClF3N3. The third-order valence-electron chi connectivity index (χ3n) is 3.27. The first kappa shape index (κ1) is 10.4. The van der Waals surface area contributed by atoms with Gasteiger partial charge in [0.05, 0.1) is 0 Å². The number of nitrogens with zero attached hydrogens (tertiary/aromatic N) is 3. The maximum atomic E-state index is 13.0. The van der Waals surface area contributed by atoms with Crippen molar-refractivity contribution in [3.63, 3.8) is 0 Å². The Balaban J connectivity index is 2.09. The highest BCUT2D eigenvalue weighted by Gasteiger charge is 2.66. The van der Waals surface area contributed by atoms with Crippen molar-refractivity contribution in [2.75, 3.05) is 0 Å². The standard InChI is InChI=1S/C9H9ClF3N3/c10-7-15-14-6(5-1-2-5)16(7)8(3-4-8)9(11,12)13/h5H,1-4H2. The molecule has 0 N–H and O–H groups in total. The lowest BCUT2D eigenvalue weighted by molar-refractivity contribution is -0.180. The average molecular weight is 252 g/mol. The van der Waals surface area contributed by atoms with Crippen molar-refractivity contribution in [2.24, 2.45) is 0 Å². The Kier molecular flexibility index (Phi) is 1.89. The molecule has 16 heavy (non-hydrogen) atoms. The Morgan fingerprint density at radius 1 is 1.25 bits per heavy atom. The molecule has 1 aromatic heterocycles. The molecule has 0 aromatic carbocycles. The fraction of sp³-hybridized carbons (Fsp3) is 0.778. The van der Waals surface area contributed by atoms with Gasteiger partial charge in [-0.3, -0.25) is 4.57 Å². The highest BCUT2D eigenvalue weighted by Crippen LogP contribution is 2.58. The minimum atomic E-state index is -4.28. The van der Waals surface area contributed by atoms with Gasteiger partial charge in [0.25, 0.3) is 0 Å². The maximum absolute atomic E-state index is 13.0. The van der Waals surface area contributed by atoms with Crippen LogP contribution in [0.2, 0.25) is 5.28 Å². The smallest absolute Gasteiger partial charge is 0.286 e. The molecule has 3 nitrogen and oxygen atoms in total. The molecule has 1 aromatic rings. The molecule has 88 valence electrons. The lowest BCUT2D eigenvalue weighted by atomic mass is 10.2. The molecule has 0 atom stereocenters. The molecule has 7 heteroatoms. The fourth-order valence-corrected chi connectivity index (χ4v) is 2.32. The van der Waals surface area contributed by atoms with E-state index in [9.17, 15) is 13.2 Å². The molecular weight excluding hydrogens is 243 g/mol. The van der Waals surface area contributed by atoms with Crippen molar-refractivity contribution in [1.29, 1.82) is 0 Å². The molecule has 3 rings (SSSR count). The Labute approximate surface area is 94.6 Å². The van der Waals surface area contributed by atoms with Gasteiger partial charge in [0.1, 0.15) is 11.4 Å². The van der Waals surface area contributed by atoms with E-state index in [-0.39, 0.29) is 24.0 Å². The van der Waals surface area contributed by atoms with Gasteiger partial charge in [-0.15, -0.1) is 10.2 Å². The van der Waals surface area contributed by atoms with Crippen LogP contribution in [0.25, 0.3) is 0 Å². The fourth-order valence-electron chi connectivity index (χ4n) is 2.03. The molecule has 2 aliphatic carbocycles. The van der Waals surface area contributed by atoms with Crippen LogP contribution in [0.4, 0.5) is 13.2 Å². The molecule has 1 heterocycles. The predicted octanol–water partition coefficient (Wildman–Crippen LogP) is 2.86. The SMILES string of the molecule is FC(F)(F)C1(n2c(Cl)nnc2C2CC2)CC1. The van der Waals surface area contributed by atoms with Crippen molar-refractivity contribution in [2.45, 2.75) is 43.3 Å². The van der Waals surface area contributed by atoms with Crippen LogP contribution in [0.3, 0.4) is 0 Å². The van der Waals surface area contributed by atoms with Crippen LogP contribution < -0.4 is 0 Å². The summed E-state index contributed by atoms with van der Waals surface area (Å²) in [6, 6.07) is 0. The minimum Gasteiger partial charge on any atom is -0.286 e. The zero-order valence-corrected chi connectivity index (χ0v) is 9.02. The Bertz CT molecular complexity index is 432. The quantitative estimate of drug-likeness (QED) is 0.809. The summed E-state index contributed by atoms with van der Waals surface area (Å²) in [6.07, 6.45) is -2.36. The summed E-state index contributed by atoms with van der Waals surface area (Å²) in [6.45, 7) is 0. The second-order valence-electron chi connectivity index (χ2n) is 4.47. The predicted molar refractivity (Wildman–Crippen MR) is 50.3 cm³/mol. The summed E-state index contributed by atoms with van der Waals surface area (Å²) in [7, 11) is 0. The van der Waals surface area contributed by atoms with Gasteiger partial charge in [-0.05, 0) is 37.3 Å². The van der Waals surface area contributed by atoms with E-state index in [2.05, 4.69) is 10.2 Å². The summed E-state index contributed by atoms with van der Waals surface area (Å²) < 4.78 is 40.0. The summed E-state index contributed by atoms with van der Waals surface area (Å²) in [5.74, 6) is 0.514. The van der Waals surface area contributed by atoms with Crippen LogP contribution in [-0.2, 0) is 5.54 Å². The third kappa shape index (κ3) is 1.28. The molecule has 2 fully saturated rings. The van der Waals surface area contributed by atoms with Crippen molar-refractivity contribution in [1.82, 2.24) is 14.8 Å². The molecule has 0 radical (unpaired) electrons. The second-order valence-corrected chi connectivity index (χ2v) is 4.80. The van der Waals surface area contributed by atoms with Gasteiger partial charge in [-0.2, -0.15) is 13.2 Å². The van der Waals surface area contributed by atoms with Crippen LogP contribution in [0.15, 0.2) is 0 Å². The van der Waals surface area contributed by atoms with Gasteiger partial charge in [0, 0.05) is 5.92 Å². The topological polar surface area (TPSA) is 30.7 Å². The molecule has 0 bridgehead atoms. The van der Waals surface area contributed by atoms with Crippen LogP contribution in [0, 0.1) is 0 Å². The highest BCUT2D eigenvalue weighted by molar-refractivity contribution is 6.28. The van der Waals surface area contributed by atoms with E-state index in [1.54, 1.807) is 0 Å². The van der Waals surface area contributed by atoms with Gasteiger partial charge >= 0.3 is 6.18 Å². The number of rotatable bonds is 2. The van der Waals surface area contributed by atoms with E-state index < -0.39 is 11.7 Å². The summed E-state index contributed by atoms with van der Waals surface area (Å²) >= 11 is 5.74. The minimum absolute atomic E-state index is 0.0774. The lowest BCUT2D eigenvalue weighted by Crippen LogP contribution is -2.36. The second kappa shape index (κ2) is 2.91. The van der Waals surface area contributed by atoms with E-state index in [1.165, 1.54) is 0 Å². The summed E-state index contributed by atoms with van der Waals surface area (Å²) in [5, 5.41) is 7.21. The van der Waals surface area contributed by atoms with E-state index in [4.69, 9.17) is 11.6 Å². The van der Waals surface area contributed by atoms with Gasteiger partial charge in [0.15, 0.2) is 0 Å². The Morgan fingerprint density at radius 2 is 1.88 bits per heavy atom. The first-order chi connectivity index (χ1) is 7.46. The van der Waals surface area contributed by atoms with E-state index >= 15 is 0 Å². The zero-order valence-electron chi connectivity index (χ0n) is 8.26. The molecule has 2 aliphatic rings. The van der Waals surface area contributed by atoms with Crippen molar-refractivity contribution in [3.05, 3.63) is 11.1 Å². The normalized spacial score (nSPS) is 23.5. The highest BCUT2D eigenvalue weighted by atomic mass is 35.5. The van der Waals surface area contributed by atoms with E-state index in [1.807, 2.05) is 0 Å². The van der Waals surface area contributed by atoms with Gasteiger partial charge < -0.3 is 0 Å². The first-order valence-electron chi connectivity index (χ1n) is 5.14. The molecule has 0 saturated heterocycles. The van der Waals surface area contributed by atoms with E-state index in [0.29, 0.717) is 5.82 Å². The summed E-state index contributed by atoms with van der Waals surface area (Å²) in [4.78, 5) is 0. The maximum Gasteiger partial charge on any atom is 0.412 e. The number of halogens is 4. The van der Waals surface area contributed by atoms with Crippen LogP contribution >= 0.6 is 11.6 Å². The van der Waals surface area contributed by atoms with Gasteiger partial charge in [0.2, 0.25) is 5.28 Å². The van der Waals surface area contributed by atoms with Gasteiger partial charge in [-0.1, -0.05) is 0 Å². The molecule has 2 saturated carbocycles. The molecule has 0 unspecified atom stereocenters. The molecule has 0 spiro atoms. The number of hydrogen-bond acceptors (Lipinski definition) is 2. The van der Waals surface area contributed by atoms with Crippen LogP contribution in [0.5, 0.6) is 0 Å². The zero-order chi connectivity index (χ0) is 11.6. The van der Waals surface area contributed by atoms with E-state index in [0.717, 1.165) is 17.4 Å². The number of alkyl halides is 3. The number of hydrogen-bond donors (Lipinski definition) is 0. The number of aromatic nitrogens is 3. The van der Waals surface area contributed by atoms with Crippen LogP contribution in [-0.4, -0.2) is 20.9 Å². The van der Waals surface area contributed by atoms with Gasteiger partial charge in [-0.25, -0.2) is 0 Å². The average Bonchev–Trinajstić information content (AvgIpc) is 3.06. The van der Waals surface area contributed by atoms with Crippen LogP contribution in [0.1, 0.15) is 37.4 Å². The summed E-state index contributed by atoms with van der Waals surface area (Å²) in [5.41, 5.74) is -1.83. The Morgan fingerprint density at radius 3 is 2.31 bits per heavy atom. The monoisotopic (exact) mass is 251 g/mol. The first-order valence-corrected chi connectivity index (χ1v) is 5.51.